The minimum absolute atomic E-state index is 0.131. The van der Waals surface area contributed by atoms with Crippen LogP contribution in [0.3, 0.4) is 0 Å². The molecule has 2 aromatic rings. The number of carbonyl (C=O) groups excluding carboxylic acids is 4. The number of urea groups is 1. The lowest BCUT2D eigenvalue weighted by Crippen LogP contribution is -2.53. The van der Waals surface area contributed by atoms with Gasteiger partial charge in [0, 0.05) is 5.56 Å². The fourth-order valence-electron chi connectivity index (χ4n) is 3.14. The van der Waals surface area contributed by atoms with Gasteiger partial charge >= 0.3 is 12.0 Å². The van der Waals surface area contributed by atoms with Crippen molar-refractivity contribution in [3.63, 3.8) is 0 Å². The van der Waals surface area contributed by atoms with E-state index < -0.39 is 23.8 Å². The molecule has 2 heterocycles. The van der Waals surface area contributed by atoms with E-state index in [0.717, 1.165) is 4.90 Å². The third-order valence-electron chi connectivity index (χ3n) is 4.69. The normalized spacial score (nSPS) is 14.8. The molecule has 0 bridgehead atoms. The summed E-state index contributed by atoms with van der Waals surface area (Å²) in [6.45, 7) is 3.25. The minimum Gasteiger partial charge on any atom is -0.493 e. The Hall–Kier alpha value is -4.34. The molecular formula is C23H22N2O8. The highest BCUT2D eigenvalue weighted by Gasteiger charge is 2.36. The van der Waals surface area contributed by atoms with Gasteiger partial charge in [-0.1, -0.05) is 6.08 Å². The van der Waals surface area contributed by atoms with E-state index in [1.54, 1.807) is 30.3 Å². The predicted octanol–water partition coefficient (Wildman–Crippen LogP) is 2.23. The molecule has 4 amide bonds. The van der Waals surface area contributed by atoms with Crippen LogP contribution in [0.2, 0.25) is 0 Å². The first-order valence-electron chi connectivity index (χ1n) is 9.80. The number of allylic oxidation sites excluding steroid dienone is 1. The number of amides is 4. The lowest BCUT2D eigenvalue weighted by atomic mass is 10.0. The fraction of sp³-hybridized carbons (Fsp3) is 0.217. The number of benzene rings is 1. The number of methoxy groups -OCH3 is 2. The largest absolute Gasteiger partial charge is 0.493 e. The van der Waals surface area contributed by atoms with Crippen LogP contribution in [0, 0.1) is 0 Å². The van der Waals surface area contributed by atoms with Gasteiger partial charge < -0.3 is 18.6 Å². The van der Waals surface area contributed by atoms with Crippen LogP contribution in [0.15, 0.2) is 53.2 Å². The maximum atomic E-state index is 12.9. The zero-order chi connectivity index (χ0) is 24.0. The van der Waals surface area contributed by atoms with E-state index in [2.05, 4.69) is 16.6 Å². The van der Waals surface area contributed by atoms with Crippen molar-refractivity contribution >= 4 is 29.9 Å². The predicted molar refractivity (Wildman–Crippen MR) is 115 cm³/mol. The third-order valence-corrected chi connectivity index (χ3v) is 4.69. The summed E-state index contributed by atoms with van der Waals surface area (Å²) in [5.41, 5.74) is 0.809. The van der Waals surface area contributed by atoms with Gasteiger partial charge in [-0.2, -0.15) is 0 Å². The van der Waals surface area contributed by atoms with Crippen LogP contribution in [0.25, 0.3) is 6.08 Å². The van der Waals surface area contributed by atoms with E-state index in [9.17, 15) is 19.2 Å². The number of hydrogen-bond acceptors (Lipinski definition) is 8. The van der Waals surface area contributed by atoms with Gasteiger partial charge in [0.15, 0.2) is 18.1 Å². The Kier molecular flexibility index (Phi) is 7.29. The van der Waals surface area contributed by atoms with Crippen molar-refractivity contribution in [3.05, 3.63) is 65.6 Å². The Balaban J connectivity index is 1.97. The number of ether oxygens (including phenoxy) is 3. The molecule has 0 spiro atoms. The van der Waals surface area contributed by atoms with Gasteiger partial charge in [0.1, 0.15) is 11.3 Å². The Morgan fingerprint density at radius 3 is 2.67 bits per heavy atom. The van der Waals surface area contributed by atoms with Gasteiger partial charge in [-0.3, -0.25) is 19.8 Å². The van der Waals surface area contributed by atoms with Gasteiger partial charge in [0.25, 0.3) is 11.8 Å². The number of imide groups is 2. The van der Waals surface area contributed by atoms with Crippen LogP contribution in [0.1, 0.15) is 16.9 Å². The van der Waals surface area contributed by atoms with Gasteiger partial charge in [0.05, 0.1) is 27.0 Å². The van der Waals surface area contributed by atoms with Gasteiger partial charge in [-0.15, -0.1) is 6.58 Å². The Morgan fingerprint density at radius 2 is 2.03 bits per heavy atom. The molecule has 1 aromatic carbocycles. The van der Waals surface area contributed by atoms with E-state index >= 15 is 0 Å². The summed E-state index contributed by atoms with van der Waals surface area (Å²) in [5.74, 6) is -1.20. The molecule has 10 nitrogen and oxygen atoms in total. The van der Waals surface area contributed by atoms with Crippen molar-refractivity contribution in [3.8, 4) is 11.5 Å². The Labute approximate surface area is 189 Å². The lowest BCUT2D eigenvalue weighted by Gasteiger charge is -2.25. The number of hydrogen-bond donors (Lipinski definition) is 1. The van der Waals surface area contributed by atoms with E-state index in [4.69, 9.17) is 13.9 Å². The molecule has 1 fully saturated rings. The molecule has 0 aliphatic carbocycles. The smallest absolute Gasteiger partial charge is 0.343 e. The summed E-state index contributed by atoms with van der Waals surface area (Å²) in [4.78, 5) is 49.9. The number of esters is 1. The number of barbiturate groups is 1. The second-order valence-electron chi connectivity index (χ2n) is 6.86. The van der Waals surface area contributed by atoms with E-state index in [-0.39, 0.29) is 24.5 Å². The molecule has 3 rings (SSSR count). The zero-order valence-corrected chi connectivity index (χ0v) is 18.1. The van der Waals surface area contributed by atoms with Crippen LogP contribution in [-0.2, 0) is 32.1 Å². The summed E-state index contributed by atoms with van der Waals surface area (Å²) >= 11 is 0. The second kappa shape index (κ2) is 10.3. The summed E-state index contributed by atoms with van der Waals surface area (Å²) in [6.07, 6.45) is 4.74. The van der Waals surface area contributed by atoms with E-state index in [1.807, 2.05) is 0 Å². The molecule has 1 aromatic heterocycles. The molecule has 0 saturated carbocycles. The van der Waals surface area contributed by atoms with Crippen molar-refractivity contribution < 1.29 is 37.8 Å². The first kappa shape index (κ1) is 23.3. The average molecular weight is 454 g/mol. The number of carbonyl (C=O) groups is 4. The first-order valence-corrected chi connectivity index (χ1v) is 9.80. The van der Waals surface area contributed by atoms with Crippen LogP contribution in [-0.4, -0.2) is 49.5 Å². The Morgan fingerprint density at radius 1 is 1.24 bits per heavy atom. The van der Waals surface area contributed by atoms with Crippen LogP contribution >= 0.6 is 0 Å². The standard InChI is InChI=1S/C23H22N2O8/c1-4-6-15-9-14(11-18(30-2)20(15)33-13-19(26)31-3)10-17-21(27)24-23(29)25(22(17)28)12-16-7-5-8-32-16/h4-5,7-11H,1,6,12-13H2,2-3H3,(H,24,27,29). The molecule has 1 aliphatic rings. The highest BCUT2D eigenvalue weighted by molar-refractivity contribution is 6.30. The van der Waals surface area contributed by atoms with Gasteiger partial charge in [-0.05, 0) is 42.3 Å². The topological polar surface area (TPSA) is 124 Å². The minimum atomic E-state index is -0.838. The van der Waals surface area contributed by atoms with E-state index in [0.29, 0.717) is 29.1 Å². The molecule has 10 heteroatoms. The van der Waals surface area contributed by atoms with Crippen molar-refractivity contribution in [1.82, 2.24) is 10.2 Å². The molecule has 0 unspecified atom stereocenters. The fourth-order valence-corrected chi connectivity index (χ4v) is 3.14. The molecule has 172 valence electrons. The van der Waals surface area contributed by atoms with Gasteiger partial charge in [-0.25, -0.2) is 9.59 Å². The summed E-state index contributed by atoms with van der Waals surface area (Å²) in [5, 5.41) is 2.16. The molecule has 1 N–H and O–H groups in total. The maximum Gasteiger partial charge on any atom is 0.343 e. The molecule has 0 radical (unpaired) electrons. The van der Waals surface area contributed by atoms with Crippen molar-refractivity contribution in [2.75, 3.05) is 20.8 Å². The molecular weight excluding hydrogens is 432 g/mol. The van der Waals surface area contributed by atoms with E-state index in [1.165, 1.54) is 26.6 Å². The molecule has 0 atom stereocenters. The quantitative estimate of drug-likeness (QED) is 0.265. The zero-order valence-electron chi connectivity index (χ0n) is 18.1. The number of rotatable bonds is 9. The third kappa shape index (κ3) is 5.29. The number of nitrogens with zero attached hydrogens (tertiary/aromatic N) is 1. The lowest BCUT2D eigenvalue weighted by molar-refractivity contribution is -0.143. The molecule has 33 heavy (non-hydrogen) atoms. The van der Waals surface area contributed by atoms with Crippen LogP contribution in [0.4, 0.5) is 4.79 Å². The van der Waals surface area contributed by atoms with Crippen molar-refractivity contribution in [2.24, 2.45) is 0 Å². The summed E-state index contributed by atoms with van der Waals surface area (Å²) in [6, 6.07) is 5.60. The van der Waals surface area contributed by atoms with Crippen molar-refractivity contribution in [1.29, 1.82) is 0 Å². The highest BCUT2D eigenvalue weighted by Crippen LogP contribution is 2.34. The van der Waals surface area contributed by atoms with Gasteiger partial charge in [0.2, 0.25) is 0 Å². The monoisotopic (exact) mass is 454 g/mol. The number of furan rings is 1. The SMILES string of the molecule is C=CCc1cc(C=C2C(=O)NC(=O)N(Cc3ccco3)C2=O)cc(OC)c1OCC(=O)OC. The molecule has 1 saturated heterocycles. The first-order chi connectivity index (χ1) is 15.9. The summed E-state index contributed by atoms with van der Waals surface area (Å²) in [7, 11) is 2.66. The maximum absolute atomic E-state index is 12.9. The second-order valence-corrected chi connectivity index (χ2v) is 6.86. The molecule has 1 aliphatic heterocycles. The average Bonchev–Trinajstić information content (AvgIpc) is 3.31. The van der Waals surface area contributed by atoms with Crippen LogP contribution < -0.4 is 14.8 Å². The number of nitrogens with one attached hydrogen (secondary N) is 1. The van der Waals surface area contributed by atoms with Crippen molar-refractivity contribution in [2.45, 2.75) is 13.0 Å². The summed E-state index contributed by atoms with van der Waals surface area (Å²) < 4.78 is 20.7. The van der Waals surface area contributed by atoms with Crippen LogP contribution in [0.5, 0.6) is 11.5 Å². The Bertz CT molecular complexity index is 1120. The highest BCUT2D eigenvalue weighted by atomic mass is 16.6.